The Kier molecular flexibility index (Phi) is 9.75. The first-order chi connectivity index (χ1) is 13.6. The molecule has 7 nitrogen and oxygen atoms in total. The van der Waals surface area contributed by atoms with Crippen molar-refractivity contribution in [2.75, 3.05) is 19.3 Å². The molecule has 2 saturated carbocycles. The van der Waals surface area contributed by atoms with E-state index in [2.05, 4.69) is 15.8 Å². The average molecular weight is 445 g/mol. The second kappa shape index (κ2) is 11.8. The molecule has 0 bridgehead atoms. The van der Waals surface area contributed by atoms with E-state index >= 15 is 0 Å². The zero-order chi connectivity index (χ0) is 19.9. The van der Waals surface area contributed by atoms with E-state index in [0.717, 1.165) is 70.1 Å². The molecule has 29 heavy (non-hydrogen) atoms. The Bertz CT molecular complexity index is 619. The summed E-state index contributed by atoms with van der Waals surface area (Å²) in [4.78, 5) is 40.1. The summed E-state index contributed by atoms with van der Waals surface area (Å²) >= 11 is 1.55. The number of carbonyl (C=O) groups is 3. The first kappa shape index (κ1) is 24.0. The number of amidine groups is 1. The quantitative estimate of drug-likeness (QED) is 0.485. The molecule has 2 amide bonds. The molecule has 164 valence electrons. The van der Waals surface area contributed by atoms with Crippen LogP contribution in [0.4, 0.5) is 0 Å². The Morgan fingerprint density at radius 1 is 1.03 bits per heavy atom. The fraction of sp³-hybridized carbons (Fsp3) is 0.800. The average Bonchev–Trinajstić information content (AvgIpc) is 3.15. The number of Topliss-reactive ketones (excluding diaryl/α,β-unsaturated/α-hetero) is 1. The predicted octanol–water partition coefficient (Wildman–Crippen LogP) is 2.69. The van der Waals surface area contributed by atoms with Gasteiger partial charge in [-0.05, 0) is 31.6 Å². The third-order valence-corrected chi connectivity index (χ3v) is 7.19. The maximum atomic E-state index is 12.9. The standard InChI is InChI=1S/C20H32N4O3S.ClH/c1-24-12-13-28-20(24)23-22-19(27)17(25)16(14-8-4-2-5-9-14)21-18(26)15-10-6-3-7-11-15;/h14-16H,2-13H2,1H3,(H,21,26)(H,22,27);1H/t16-;/m1./s1. The van der Waals surface area contributed by atoms with Crippen molar-refractivity contribution in [3.8, 4) is 0 Å². The van der Waals surface area contributed by atoms with Gasteiger partial charge in [-0.2, -0.15) is 0 Å². The number of nitrogens with one attached hydrogen (secondary N) is 2. The Morgan fingerprint density at radius 2 is 1.66 bits per heavy atom. The zero-order valence-electron chi connectivity index (χ0n) is 17.2. The highest BCUT2D eigenvalue weighted by molar-refractivity contribution is 8.14. The SMILES string of the molecule is CN1CCSC1=NNC(=O)C(=O)[C@H](NC(=O)C1CCCCC1)C1CCCCC1.Cl. The van der Waals surface area contributed by atoms with Crippen LogP contribution in [0.5, 0.6) is 0 Å². The molecule has 0 unspecified atom stereocenters. The number of amides is 2. The van der Waals surface area contributed by atoms with Gasteiger partial charge in [0.05, 0.1) is 0 Å². The van der Waals surface area contributed by atoms with Gasteiger partial charge in [0.15, 0.2) is 5.17 Å². The van der Waals surface area contributed by atoms with Crippen molar-refractivity contribution in [2.45, 2.75) is 70.3 Å². The summed E-state index contributed by atoms with van der Waals surface area (Å²) in [7, 11) is 1.90. The summed E-state index contributed by atoms with van der Waals surface area (Å²) in [6.45, 7) is 0.870. The largest absolute Gasteiger partial charge is 0.352 e. The molecule has 3 rings (SSSR count). The van der Waals surface area contributed by atoms with E-state index in [1.807, 2.05) is 11.9 Å². The van der Waals surface area contributed by atoms with Gasteiger partial charge in [-0.25, -0.2) is 5.43 Å². The highest BCUT2D eigenvalue weighted by atomic mass is 35.5. The molecule has 1 heterocycles. The molecule has 2 N–H and O–H groups in total. The van der Waals surface area contributed by atoms with Gasteiger partial charge in [0, 0.05) is 25.3 Å². The van der Waals surface area contributed by atoms with Crippen LogP contribution in [0.15, 0.2) is 5.10 Å². The van der Waals surface area contributed by atoms with Crippen LogP contribution in [-0.4, -0.2) is 53.1 Å². The summed E-state index contributed by atoms with van der Waals surface area (Å²) in [5.41, 5.74) is 2.41. The monoisotopic (exact) mass is 444 g/mol. The number of carbonyl (C=O) groups excluding carboxylic acids is 3. The minimum absolute atomic E-state index is 0. The van der Waals surface area contributed by atoms with Gasteiger partial charge in [-0.3, -0.25) is 14.4 Å². The number of thioether (sulfide) groups is 1. The zero-order valence-corrected chi connectivity index (χ0v) is 18.8. The van der Waals surface area contributed by atoms with Crippen LogP contribution in [0.2, 0.25) is 0 Å². The molecule has 0 aromatic heterocycles. The number of ketones is 1. The van der Waals surface area contributed by atoms with Crippen molar-refractivity contribution >= 4 is 46.9 Å². The van der Waals surface area contributed by atoms with E-state index in [9.17, 15) is 14.4 Å². The smallest absolute Gasteiger partial charge is 0.309 e. The van der Waals surface area contributed by atoms with Gasteiger partial charge in [0.1, 0.15) is 6.04 Å². The predicted molar refractivity (Wildman–Crippen MR) is 118 cm³/mol. The van der Waals surface area contributed by atoms with Gasteiger partial charge in [0.25, 0.3) is 0 Å². The fourth-order valence-electron chi connectivity index (χ4n) is 4.39. The molecule has 1 saturated heterocycles. The van der Waals surface area contributed by atoms with Crippen LogP contribution in [-0.2, 0) is 14.4 Å². The van der Waals surface area contributed by atoms with Crippen LogP contribution in [0.3, 0.4) is 0 Å². The Labute approximate surface area is 183 Å². The van der Waals surface area contributed by atoms with Crippen molar-refractivity contribution in [1.29, 1.82) is 0 Å². The minimum atomic E-state index is -0.733. The lowest BCUT2D eigenvalue weighted by molar-refractivity contribution is -0.141. The van der Waals surface area contributed by atoms with Gasteiger partial charge in [-0.15, -0.1) is 17.5 Å². The van der Waals surface area contributed by atoms with E-state index in [1.165, 1.54) is 6.42 Å². The maximum Gasteiger partial charge on any atom is 0.309 e. The van der Waals surface area contributed by atoms with Gasteiger partial charge in [-0.1, -0.05) is 50.3 Å². The van der Waals surface area contributed by atoms with Gasteiger partial charge in [0.2, 0.25) is 11.7 Å². The summed E-state index contributed by atoms with van der Waals surface area (Å²) in [6, 6.07) is -0.733. The molecule has 1 aliphatic heterocycles. The fourth-order valence-corrected chi connectivity index (χ4v) is 5.36. The second-order valence-electron chi connectivity index (χ2n) is 8.19. The molecule has 0 spiro atoms. The van der Waals surface area contributed by atoms with E-state index in [-0.39, 0.29) is 30.2 Å². The first-order valence-electron chi connectivity index (χ1n) is 10.6. The molecule has 0 aromatic carbocycles. The van der Waals surface area contributed by atoms with Gasteiger partial charge >= 0.3 is 5.91 Å². The maximum absolute atomic E-state index is 12.9. The summed E-state index contributed by atoms with van der Waals surface area (Å²) in [6.07, 6.45) is 10.0. The van der Waals surface area contributed by atoms with Crippen LogP contribution in [0.25, 0.3) is 0 Å². The third kappa shape index (κ3) is 6.60. The minimum Gasteiger partial charge on any atom is -0.352 e. The van der Waals surface area contributed by atoms with Crippen LogP contribution < -0.4 is 10.7 Å². The molecule has 1 atom stereocenters. The third-order valence-electron chi connectivity index (χ3n) is 6.14. The number of hydrogen-bond donors (Lipinski definition) is 2. The lowest BCUT2D eigenvalue weighted by atomic mass is 9.81. The molecular formula is C20H33ClN4O3S. The van der Waals surface area contributed by atoms with Crippen LogP contribution >= 0.6 is 24.2 Å². The summed E-state index contributed by atoms with van der Waals surface area (Å²) in [5, 5.41) is 7.76. The van der Waals surface area contributed by atoms with E-state index in [1.54, 1.807) is 11.8 Å². The molecular weight excluding hydrogens is 412 g/mol. The van der Waals surface area contributed by atoms with E-state index in [0.29, 0.717) is 5.17 Å². The van der Waals surface area contributed by atoms with Crippen molar-refractivity contribution in [1.82, 2.24) is 15.6 Å². The van der Waals surface area contributed by atoms with E-state index in [4.69, 9.17) is 0 Å². The molecule has 3 aliphatic rings. The Balaban J connectivity index is 0.00000300. The topological polar surface area (TPSA) is 90.9 Å². The summed E-state index contributed by atoms with van der Waals surface area (Å²) in [5.74, 6) is -0.426. The number of rotatable bonds is 6. The molecule has 0 aromatic rings. The van der Waals surface area contributed by atoms with Gasteiger partial charge < -0.3 is 10.2 Å². The van der Waals surface area contributed by atoms with Crippen LogP contribution in [0, 0.1) is 11.8 Å². The lowest BCUT2D eigenvalue weighted by Gasteiger charge is -2.31. The number of nitrogens with zero attached hydrogens (tertiary/aromatic N) is 2. The van der Waals surface area contributed by atoms with Crippen molar-refractivity contribution in [2.24, 2.45) is 16.9 Å². The first-order valence-corrected chi connectivity index (χ1v) is 11.6. The summed E-state index contributed by atoms with van der Waals surface area (Å²) < 4.78 is 0. The number of hydrazone groups is 1. The Morgan fingerprint density at radius 3 is 2.24 bits per heavy atom. The molecule has 3 fully saturated rings. The van der Waals surface area contributed by atoms with Crippen molar-refractivity contribution in [3.63, 3.8) is 0 Å². The highest BCUT2D eigenvalue weighted by Gasteiger charge is 2.36. The second-order valence-corrected chi connectivity index (χ2v) is 9.25. The van der Waals surface area contributed by atoms with Crippen LogP contribution in [0.1, 0.15) is 64.2 Å². The lowest BCUT2D eigenvalue weighted by Crippen LogP contribution is -2.52. The van der Waals surface area contributed by atoms with E-state index < -0.39 is 17.7 Å². The number of halogens is 1. The Hall–Kier alpha value is -1.28. The molecule has 2 aliphatic carbocycles. The number of hydrogen-bond acceptors (Lipinski definition) is 5. The molecule has 9 heteroatoms. The van der Waals surface area contributed by atoms with Crippen molar-refractivity contribution < 1.29 is 14.4 Å². The normalized spacial score (nSPS) is 23.3. The highest BCUT2D eigenvalue weighted by Crippen LogP contribution is 2.29. The molecule has 0 radical (unpaired) electrons. The van der Waals surface area contributed by atoms with Crippen molar-refractivity contribution in [3.05, 3.63) is 0 Å².